The maximum absolute atomic E-state index is 12.8. The predicted molar refractivity (Wildman–Crippen MR) is 118 cm³/mol. The van der Waals surface area contributed by atoms with Crippen LogP contribution in [-0.2, 0) is 9.59 Å². The van der Waals surface area contributed by atoms with Crippen molar-refractivity contribution in [2.45, 2.75) is 18.3 Å². The van der Waals surface area contributed by atoms with Crippen LogP contribution in [0.4, 0.5) is 16.2 Å². The minimum Gasteiger partial charge on any atom is -0.480 e. The number of carbonyl (C=O) groups excluding carboxylic acids is 3. The average molecular weight is 457 g/mol. The molecule has 2 aromatic rings. The molecule has 2 aliphatic rings. The molecule has 2 unspecified atom stereocenters. The molecule has 0 saturated carbocycles. The number of carboxylic acids is 1. The monoisotopic (exact) mass is 456 g/mol. The van der Waals surface area contributed by atoms with Crippen molar-refractivity contribution in [3.05, 3.63) is 60.2 Å². The van der Waals surface area contributed by atoms with Crippen molar-refractivity contribution in [2.24, 2.45) is 4.99 Å². The molecule has 4 amide bonds. The van der Waals surface area contributed by atoms with Crippen LogP contribution < -0.4 is 10.2 Å². The Kier molecular flexibility index (Phi) is 5.70. The van der Waals surface area contributed by atoms with Crippen molar-refractivity contribution in [3.8, 4) is 0 Å². The summed E-state index contributed by atoms with van der Waals surface area (Å²) in [5.74, 6) is -2.01. The number of urea groups is 1. The highest BCUT2D eigenvalue weighted by Crippen LogP contribution is 2.45. The Labute approximate surface area is 185 Å². The first-order valence-corrected chi connectivity index (χ1v) is 10.8. The quantitative estimate of drug-likeness (QED) is 0.524. The fraction of sp³-hybridized carbons (Fsp3) is 0.150. The standard InChI is InChI=1S/C20H16N4O5S2/c1-11(18(27)28)21-15(25)12-6-5-7-13(10-12)22-19-30-17-16(26)23(20(29)24(17)31-19)14-8-3-2-4-9-14/h2-11,17H,1H3,(H,21,25)(H,27,28). The molecule has 9 nitrogen and oxygen atoms in total. The Morgan fingerprint density at radius 3 is 2.55 bits per heavy atom. The Hall–Kier alpha value is -3.31. The number of nitrogens with one attached hydrogen (secondary N) is 1. The van der Waals surface area contributed by atoms with Gasteiger partial charge in [-0.25, -0.2) is 19.0 Å². The van der Waals surface area contributed by atoms with E-state index in [9.17, 15) is 19.2 Å². The summed E-state index contributed by atoms with van der Waals surface area (Å²) < 4.78 is 1.88. The average Bonchev–Trinajstić information content (AvgIpc) is 3.27. The normalized spacial score (nSPS) is 20.2. The third-order valence-corrected chi connectivity index (χ3v) is 6.86. The van der Waals surface area contributed by atoms with Crippen LogP contribution in [-0.4, -0.2) is 49.0 Å². The molecule has 0 spiro atoms. The van der Waals surface area contributed by atoms with E-state index in [0.29, 0.717) is 15.8 Å². The maximum Gasteiger partial charge on any atom is 0.343 e. The summed E-state index contributed by atoms with van der Waals surface area (Å²) >= 11 is 2.23. The van der Waals surface area contributed by atoms with Gasteiger partial charge in [-0.3, -0.25) is 14.4 Å². The number of rotatable bonds is 5. The molecule has 4 rings (SSSR count). The van der Waals surface area contributed by atoms with Gasteiger partial charge in [0.2, 0.25) is 0 Å². The highest BCUT2D eigenvalue weighted by atomic mass is 32.2. The van der Waals surface area contributed by atoms with E-state index in [2.05, 4.69) is 10.3 Å². The van der Waals surface area contributed by atoms with E-state index in [1.165, 1.54) is 17.3 Å². The molecule has 0 bridgehead atoms. The minimum atomic E-state index is -1.14. The number of hydrogen-bond acceptors (Lipinski definition) is 7. The summed E-state index contributed by atoms with van der Waals surface area (Å²) in [6, 6.07) is 13.6. The van der Waals surface area contributed by atoms with Gasteiger partial charge >= 0.3 is 12.0 Å². The number of carboxylic acid groups (broad SMARTS) is 1. The number of hydrogen-bond donors (Lipinski definition) is 2. The van der Waals surface area contributed by atoms with Gasteiger partial charge < -0.3 is 10.4 Å². The summed E-state index contributed by atoms with van der Waals surface area (Å²) in [7, 11) is 0. The van der Waals surface area contributed by atoms with E-state index in [4.69, 9.17) is 5.11 Å². The van der Waals surface area contributed by atoms with Gasteiger partial charge in [0.05, 0.1) is 11.4 Å². The lowest BCUT2D eigenvalue weighted by Gasteiger charge is -2.14. The van der Waals surface area contributed by atoms with Crippen LogP contribution in [0.3, 0.4) is 0 Å². The molecular weight excluding hydrogens is 440 g/mol. The number of amides is 4. The first-order chi connectivity index (χ1) is 14.8. The van der Waals surface area contributed by atoms with Gasteiger partial charge in [-0.1, -0.05) is 36.0 Å². The van der Waals surface area contributed by atoms with Crippen LogP contribution >= 0.6 is 23.7 Å². The number of thioether (sulfide) groups is 1. The van der Waals surface area contributed by atoms with E-state index in [1.807, 2.05) is 0 Å². The van der Waals surface area contributed by atoms with E-state index >= 15 is 0 Å². The molecule has 2 heterocycles. The number of aliphatic carboxylic acids is 1. The van der Waals surface area contributed by atoms with E-state index in [1.54, 1.807) is 48.5 Å². The molecule has 2 saturated heterocycles. The van der Waals surface area contributed by atoms with Gasteiger partial charge in [0.15, 0.2) is 9.75 Å². The number of fused-ring (bicyclic) bond motifs is 1. The number of anilines is 1. The lowest BCUT2D eigenvalue weighted by Crippen LogP contribution is -2.38. The van der Waals surface area contributed by atoms with Gasteiger partial charge in [-0.05, 0) is 37.3 Å². The molecular formula is C20H16N4O5S2. The molecule has 2 atom stereocenters. The molecule has 31 heavy (non-hydrogen) atoms. The van der Waals surface area contributed by atoms with E-state index in [0.717, 1.165) is 28.6 Å². The van der Waals surface area contributed by atoms with Crippen LogP contribution in [0.25, 0.3) is 0 Å². The second-order valence-electron chi connectivity index (χ2n) is 6.64. The van der Waals surface area contributed by atoms with Crippen molar-refractivity contribution < 1.29 is 24.3 Å². The number of benzene rings is 2. The third kappa shape index (κ3) is 4.14. The Morgan fingerprint density at radius 1 is 1.13 bits per heavy atom. The predicted octanol–water partition coefficient (Wildman–Crippen LogP) is 3.07. The second kappa shape index (κ2) is 8.44. The lowest BCUT2D eigenvalue weighted by molar-refractivity contribution is -0.138. The Balaban J connectivity index is 1.49. The lowest BCUT2D eigenvalue weighted by atomic mass is 10.2. The van der Waals surface area contributed by atoms with Gasteiger partial charge in [0.1, 0.15) is 6.04 Å². The number of para-hydroxylation sites is 1. The molecule has 2 aromatic carbocycles. The topological polar surface area (TPSA) is 119 Å². The van der Waals surface area contributed by atoms with Gasteiger partial charge in [0.25, 0.3) is 11.8 Å². The third-order valence-electron chi connectivity index (χ3n) is 4.47. The molecule has 158 valence electrons. The number of imide groups is 1. The second-order valence-corrected chi connectivity index (χ2v) is 8.93. The van der Waals surface area contributed by atoms with Gasteiger partial charge in [-0.2, -0.15) is 0 Å². The van der Waals surface area contributed by atoms with E-state index in [-0.39, 0.29) is 11.5 Å². The molecule has 2 N–H and O–H groups in total. The van der Waals surface area contributed by atoms with Crippen molar-refractivity contribution in [2.75, 3.05) is 4.90 Å². The van der Waals surface area contributed by atoms with Gasteiger partial charge in [-0.15, -0.1) is 0 Å². The molecule has 2 aliphatic heterocycles. The molecule has 0 radical (unpaired) electrons. The SMILES string of the molecule is CC(NC(=O)c1cccc(N=C2SC3C(=O)N(c4ccccc4)C(=O)N3S2)c1)C(=O)O. The van der Waals surface area contributed by atoms with Crippen LogP contribution in [0, 0.1) is 0 Å². The fourth-order valence-corrected chi connectivity index (χ4v) is 5.26. The summed E-state index contributed by atoms with van der Waals surface area (Å²) in [6.07, 6.45) is 0. The first kappa shape index (κ1) is 20.9. The maximum atomic E-state index is 12.8. The number of carbonyl (C=O) groups is 4. The highest BCUT2D eigenvalue weighted by molar-refractivity contribution is 8.41. The zero-order valence-corrected chi connectivity index (χ0v) is 17.7. The van der Waals surface area contributed by atoms with Crippen LogP contribution in [0.5, 0.6) is 0 Å². The first-order valence-electron chi connectivity index (χ1n) is 9.14. The zero-order chi connectivity index (χ0) is 22.1. The van der Waals surface area contributed by atoms with Crippen molar-refractivity contribution in [1.82, 2.24) is 9.62 Å². The smallest absolute Gasteiger partial charge is 0.343 e. The largest absolute Gasteiger partial charge is 0.480 e. The fourth-order valence-electron chi connectivity index (χ4n) is 2.92. The highest BCUT2D eigenvalue weighted by Gasteiger charge is 2.52. The van der Waals surface area contributed by atoms with E-state index < -0.39 is 29.3 Å². The zero-order valence-electron chi connectivity index (χ0n) is 16.1. The Bertz CT molecular complexity index is 1080. The van der Waals surface area contributed by atoms with Crippen LogP contribution in [0.1, 0.15) is 17.3 Å². The minimum absolute atomic E-state index is 0.255. The van der Waals surface area contributed by atoms with Crippen molar-refractivity contribution >= 4 is 63.3 Å². The summed E-state index contributed by atoms with van der Waals surface area (Å²) in [6.45, 7) is 1.37. The summed E-state index contributed by atoms with van der Waals surface area (Å²) in [5, 5.41) is 10.6. The molecule has 2 fully saturated rings. The van der Waals surface area contributed by atoms with Crippen molar-refractivity contribution in [3.63, 3.8) is 0 Å². The molecule has 0 aromatic heterocycles. The molecule has 11 heteroatoms. The number of aliphatic imine (C=N–C) groups is 1. The van der Waals surface area contributed by atoms with Crippen LogP contribution in [0.2, 0.25) is 0 Å². The summed E-state index contributed by atoms with van der Waals surface area (Å²) in [5.41, 5.74) is 1.22. The number of nitrogens with zero attached hydrogens (tertiary/aromatic N) is 3. The summed E-state index contributed by atoms with van der Waals surface area (Å²) in [4.78, 5) is 54.3. The van der Waals surface area contributed by atoms with Gasteiger partial charge in [0, 0.05) is 17.5 Å². The Morgan fingerprint density at radius 2 is 1.87 bits per heavy atom. The van der Waals surface area contributed by atoms with Crippen LogP contribution in [0.15, 0.2) is 59.6 Å². The molecule has 0 aliphatic carbocycles. The van der Waals surface area contributed by atoms with Crippen molar-refractivity contribution in [1.29, 1.82) is 0 Å².